The molecule has 0 spiro atoms. The minimum Gasteiger partial charge on any atom is -0.447 e. The number of hydrogen-bond acceptors (Lipinski definition) is 3. The Labute approximate surface area is 97.5 Å². The molecule has 2 saturated heterocycles. The molecule has 92 valence electrons. The summed E-state index contributed by atoms with van der Waals surface area (Å²) in [6.07, 6.45) is 3.68. The molecule has 0 N–H and O–H groups in total. The summed E-state index contributed by atoms with van der Waals surface area (Å²) in [7, 11) is 0. The van der Waals surface area contributed by atoms with Crippen LogP contribution in [0.1, 0.15) is 33.1 Å². The predicted octanol–water partition coefficient (Wildman–Crippen LogP) is 1.70. The van der Waals surface area contributed by atoms with Gasteiger partial charge in [-0.2, -0.15) is 0 Å². The largest absolute Gasteiger partial charge is 0.447 e. The first kappa shape index (κ1) is 11.7. The van der Waals surface area contributed by atoms with Crippen molar-refractivity contribution in [2.75, 3.05) is 26.2 Å². The van der Waals surface area contributed by atoms with Crippen molar-refractivity contribution < 1.29 is 9.53 Å². The summed E-state index contributed by atoms with van der Waals surface area (Å²) >= 11 is 0. The summed E-state index contributed by atoms with van der Waals surface area (Å²) < 4.78 is 5.24. The number of hydrogen-bond donors (Lipinski definition) is 0. The van der Waals surface area contributed by atoms with Crippen LogP contribution < -0.4 is 0 Å². The fourth-order valence-corrected chi connectivity index (χ4v) is 2.60. The van der Waals surface area contributed by atoms with Crippen LogP contribution in [-0.4, -0.2) is 54.2 Å². The van der Waals surface area contributed by atoms with Gasteiger partial charge in [-0.1, -0.05) is 6.42 Å². The lowest BCUT2D eigenvalue weighted by Crippen LogP contribution is -2.56. The lowest BCUT2D eigenvalue weighted by molar-refractivity contribution is 0.0254. The van der Waals surface area contributed by atoms with Crippen LogP contribution in [0.5, 0.6) is 0 Å². The van der Waals surface area contributed by atoms with Crippen LogP contribution in [0.3, 0.4) is 0 Å². The molecule has 1 atom stereocenters. The Hall–Kier alpha value is -0.770. The Kier molecular flexibility index (Phi) is 3.69. The Morgan fingerprint density at radius 2 is 2.06 bits per heavy atom. The van der Waals surface area contributed by atoms with E-state index in [0.717, 1.165) is 19.6 Å². The highest BCUT2D eigenvalue weighted by atomic mass is 16.6. The van der Waals surface area contributed by atoms with E-state index in [0.29, 0.717) is 6.04 Å². The van der Waals surface area contributed by atoms with Gasteiger partial charge < -0.3 is 9.64 Å². The van der Waals surface area contributed by atoms with Crippen molar-refractivity contribution in [2.24, 2.45) is 0 Å². The van der Waals surface area contributed by atoms with Gasteiger partial charge in [-0.15, -0.1) is 0 Å². The molecular formula is C12H22N2O2. The summed E-state index contributed by atoms with van der Waals surface area (Å²) in [5, 5.41) is 0. The lowest BCUT2D eigenvalue weighted by Gasteiger charge is -2.43. The Balaban J connectivity index is 1.87. The van der Waals surface area contributed by atoms with Crippen molar-refractivity contribution in [1.82, 2.24) is 9.80 Å². The highest BCUT2D eigenvalue weighted by Gasteiger charge is 2.31. The van der Waals surface area contributed by atoms with Crippen molar-refractivity contribution in [3.05, 3.63) is 0 Å². The molecule has 1 unspecified atom stereocenters. The third-order valence-electron chi connectivity index (χ3n) is 3.43. The third kappa shape index (κ3) is 2.67. The molecule has 0 radical (unpaired) electrons. The molecule has 0 aliphatic carbocycles. The monoisotopic (exact) mass is 226 g/mol. The number of nitrogens with zero attached hydrogens (tertiary/aromatic N) is 2. The van der Waals surface area contributed by atoms with E-state index in [2.05, 4.69) is 4.90 Å². The zero-order valence-corrected chi connectivity index (χ0v) is 10.3. The second kappa shape index (κ2) is 5.04. The first-order chi connectivity index (χ1) is 7.66. The first-order valence-corrected chi connectivity index (χ1v) is 6.36. The minimum atomic E-state index is -0.139. The maximum absolute atomic E-state index is 11.8. The molecule has 2 rings (SSSR count). The standard InChI is InChI=1S/C12H22N2O2/c1-10(2)16-12(15)14-8-7-13-6-4-3-5-11(13)9-14/h10-11H,3-9H2,1-2H3. The average Bonchev–Trinajstić information content (AvgIpc) is 2.27. The summed E-state index contributed by atoms with van der Waals surface area (Å²) in [5.41, 5.74) is 0. The molecule has 2 aliphatic heterocycles. The molecule has 4 nitrogen and oxygen atoms in total. The van der Waals surface area contributed by atoms with Gasteiger partial charge >= 0.3 is 6.09 Å². The maximum Gasteiger partial charge on any atom is 0.410 e. The molecule has 16 heavy (non-hydrogen) atoms. The number of ether oxygens (including phenoxy) is 1. The molecule has 0 aromatic rings. The minimum absolute atomic E-state index is 0.0168. The van der Waals surface area contributed by atoms with Gasteiger partial charge in [0.2, 0.25) is 0 Å². The van der Waals surface area contributed by atoms with Gasteiger partial charge in [-0.3, -0.25) is 4.90 Å². The van der Waals surface area contributed by atoms with Crippen molar-refractivity contribution >= 4 is 6.09 Å². The van der Waals surface area contributed by atoms with Crippen molar-refractivity contribution in [2.45, 2.75) is 45.3 Å². The second-order valence-electron chi connectivity index (χ2n) is 5.06. The van der Waals surface area contributed by atoms with Gasteiger partial charge in [0.25, 0.3) is 0 Å². The molecule has 0 aromatic heterocycles. The van der Waals surface area contributed by atoms with Gasteiger partial charge in [0.05, 0.1) is 6.10 Å². The topological polar surface area (TPSA) is 32.8 Å². The molecule has 4 heteroatoms. The number of carbonyl (C=O) groups is 1. The van der Waals surface area contributed by atoms with Crippen LogP contribution >= 0.6 is 0 Å². The van der Waals surface area contributed by atoms with Crippen molar-refractivity contribution in [3.8, 4) is 0 Å². The molecule has 0 bridgehead atoms. The molecular weight excluding hydrogens is 204 g/mol. The molecule has 2 heterocycles. The van der Waals surface area contributed by atoms with Gasteiger partial charge in [0, 0.05) is 25.7 Å². The number of carbonyl (C=O) groups excluding carboxylic acids is 1. The van der Waals surface area contributed by atoms with Crippen LogP contribution in [0.4, 0.5) is 4.79 Å². The Morgan fingerprint density at radius 1 is 1.25 bits per heavy atom. The fraction of sp³-hybridized carbons (Fsp3) is 0.917. The smallest absolute Gasteiger partial charge is 0.410 e. The quantitative estimate of drug-likeness (QED) is 0.682. The summed E-state index contributed by atoms with van der Waals surface area (Å²) in [6, 6.07) is 0.571. The highest BCUT2D eigenvalue weighted by molar-refractivity contribution is 5.68. The number of piperazine rings is 1. The number of amides is 1. The van der Waals surface area contributed by atoms with E-state index in [1.54, 1.807) is 0 Å². The summed E-state index contributed by atoms with van der Waals surface area (Å²) in [4.78, 5) is 16.2. The van der Waals surface area contributed by atoms with Gasteiger partial charge in [-0.25, -0.2) is 4.79 Å². The first-order valence-electron chi connectivity index (χ1n) is 6.36. The molecule has 0 aromatic carbocycles. The summed E-state index contributed by atoms with van der Waals surface area (Å²) in [6.45, 7) is 7.69. The van der Waals surface area contributed by atoms with Crippen LogP contribution in [0.2, 0.25) is 0 Å². The van der Waals surface area contributed by atoms with E-state index in [1.807, 2.05) is 18.7 Å². The van der Waals surface area contributed by atoms with E-state index in [9.17, 15) is 4.79 Å². The molecule has 2 aliphatic rings. The van der Waals surface area contributed by atoms with Crippen LogP contribution in [0.15, 0.2) is 0 Å². The third-order valence-corrected chi connectivity index (χ3v) is 3.43. The predicted molar refractivity (Wildman–Crippen MR) is 62.4 cm³/mol. The summed E-state index contributed by atoms with van der Waals surface area (Å²) in [5.74, 6) is 0. The fourth-order valence-electron chi connectivity index (χ4n) is 2.60. The highest BCUT2D eigenvalue weighted by Crippen LogP contribution is 2.21. The zero-order valence-electron chi connectivity index (χ0n) is 10.3. The lowest BCUT2D eigenvalue weighted by atomic mass is 10.00. The van der Waals surface area contributed by atoms with Crippen molar-refractivity contribution in [3.63, 3.8) is 0 Å². The number of fused-ring (bicyclic) bond motifs is 1. The molecule has 2 fully saturated rings. The Morgan fingerprint density at radius 3 is 2.81 bits per heavy atom. The van der Waals surface area contributed by atoms with E-state index in [1.165, 1.54) is 25.8 Å². The zero-order chi connectivity index (χ0) is 11.5. The van der Waals surface area contributed by atoms with Crippen LogP contribution in [0, 0.1) is 0 Å². The van der Waals surface area contributed by atoms with Gasteiger partial charge in [0.1, 0.15) is 0 Å². The van der Waals surface area contributed by atoms with Crippen molar-refractivity contribution in [1.29, 1.82) is 0 Å². The maximum atomic E-state index is 11.8. The molecule has 0 saturated carbocycles. The van der Waals surface area contributed by atoms with E-state index in [-0.39, 0.29) is 12.2 Å². The SMILES string of the molecule is CC(C)OC(=O)N1CCN2CCCCC2C1. The average molecular weight is 226 g/mol. The van der Waals surface area contributed by atoms with Crippen LogP contribution in [0.25, 0.3) is 0 Å². The van der Waals surface area contributed by atoms with E-state index >= 15 is 0 Å². The van der Waals surface area contributed by atoms with Gasteiger partial charge in [-0.05, 0) is 33.2 Å². The number of piperidine rings is 1. The van der Waals surface area contributed by atoms with Gasteiger partial charge in [0.15, 0.2) is 0 Å². The molecule has 1 amide bonds. The van der Waals surface area contributed by atoms with E-state index < -0.39 is 0 Å². The Bertz CT molecular complexity index is 255. The van der Waals surface area contributed by atoms with E-state index in [4.69, 9.17) is 4.74 Å². The van der Waals surface area contributed by atoms with Crippen LogP contribution in [-0.2, 0) is 4.74 Å². The number of rotatable bonds is 1. The second-order valence-corrected chi connectivity index (χ2v) is 5.06. The normalized spacial score (nSPS) is 26.7.